The average Bonchev–Trinajstić information content (AvgIpc) is 1.60. The molecule has 2 fully saturated rings. The number of hydrogen-bond donors (Lipinski definition) is 7. The number of nitrogens with zero attached hydrogens (tertiary/aromatic N) is 17. The van der Waals surface area contributed by atoms with Gasteiger partial charge >= 0.3 is 0 Å². The van der Waals surface area contributed by atoms with E-state index in [9.17, 15) is 29.4 Å². The summed E-state index contributed by atoms with van der Waals surface area (Å²) in [6.07, 6.45) is 12.7. The van der Waals surface area contributed by atoms with Crippen molar-refractivity contribution in [1.29, 1.82) is 0 Å². The van der Waals surface area contributed by atoms with Gasteiger partial charge in [-0.2, -0.15) is 0 Å². The molecule has 4 amide bonds. The van der Waals surface area contributed by atoms with Crippen LogP contribution in [0.2, 0.25) is 0 Å². The monoisotopic (exact) mass is 1640 g/mol. The zero-order valence-corrected chi connectivity index (χ0v) is 68.6. The number of fused-ring (bicyclic) bond motifs is 8. The standard InChI is InChI=1S/C21H26N6OS.C21H23N5O3S.C20H21N5O3S.C19H22N6O2S/c1-21(2)12-27(15-9-6-5-8-14(15)21)17-16-19(24-13-23-17)29-20(25-16)18(28)22-10-7-11-26(3)4;27-8-5-13-11-26(16-4-2-1-3-15(13)16)18-17-20(23-12-22-18)30-21(25-17)19(28)24-14-6-9-29-10-7-14;26-10-12-9-25(15-4-2-1-3-14(12)15)17-16-19(22-11-21-17)29-20(24-16)18(27)23-13-5-7-28-8-6-13;1-25(2)9-4-8-20-17(26)19-24-14-16(21-11-22-18(14)28-19)23-13-6-3-5-12-7-10-27-15(12)13/h5-6,8-9,13H,7,10-12H2,1-4H3,(H,22,28);1-4,12-14,27H,5-11H2,(H,24,28);1-4,11-13,26H,5-10H2,(H,23,27);3,5-6,11H,4,7-10H2,1-2H3,(H,20,26)(H,21,22,23). The van der Waals surface area contributed by atoms with E-state index in [1.807, 2.05) is 82.8 Å². The van der Waals surface area contributed by atoms with Crippen molar-refractivity contribution in [2.24, 2.45) is 0 Å². The Morgan fingerprint density at radius 2 is 0.957 bits per heavy atom. The normalized spacial score (nSPS) is 16.7. The molecule has 604 valence electrons. The summed E-state index contributed by atoms with van der Waals surface area (Å²) < 4.78 is 16.4. The fourth-order valence-electron chi connectivity index (χ4n) is 15.0. The highest BCUT2D eigenvalue weighted by Crippen LogP contribution is 2.48. The van der Waals surface area contributed by atoms with E-state index < -0.39 is 0 Å². The molecule has 6 aliphatic rings. The third-order valence-electron chi connectivity index (χ3n) is 20.8. The van der Waals surface area contributed by atoms with Gasteiger partial charge in [0.1, 0.15) is 72.4 Å². The SMILES string of the molecule is CN(C)CCCNC(=O)c1nc2c(N3CC(C)(C)c4ccccc43)ncnc2s1.CN(C)CCCNC(=O)c1nc2c(Nc3cccc4c3OCC4)ncnc2s1.O=C(NC1CCOCC1)c1nc2c(N3CC(CCO)c4ccccc43)ncnc2s1.O=C(NC1CCOCC1)c1nc2c(N3CC(CO)c4ccccc43)ncnc2s1. The molecule has 7 N–H and O–H groups in total. The van der Waals surface area contributed by atoms with Crippen molar-refractivity contribution in [3.8, 4) is 5.75 Å². The lowest BCUT2D eigenvalue weighted by Crippen LogP contribution is -2.38. The van der Waals surface area contributed by atoms with Gasteiger partial charge in [-0.15, -0.1) is 0 Å². The number of nitrogens with one attached hydrogen (secondary N) is 5. The van der Waals surface area contributed by atoms with E-state index in [4.69, 9.17) is 14.2 Å². The summed E-state index contributed by atoms with van der Waals surface area (Å²) >= 11 is 5.14. The lowest BCUT2D eigenvalue weighted by Gasteiger charge is -2.22. The van der Waals surface area contributed by atoms with Crippen molar-refractivity contribution < 1.29 is 43.6 Å². The minimum Gasteiger partial charge on any atom is -0.491 e. The Kier molecular flexibility index (Phi) is 25.5. The number of ether oxygens (including phenoxy) is 3. The molecule has 0 radical (unpaired) electrons. The van der Waals surface area contributed by atoms with Crippen molar-refractivity contribution >= 4 is 156 Å². The predicted octanol–water partition coefficient (Wildman–Crippen LogP) is 10.5. The van der Waals surface area contributed by atoms with Crippen LogP contribution in [0, 0.1) is 0 Å². The molecule has 0 spiro atoms. The summed E-state index contributed by atoms with van der Waals surface area (Å²) in [5.41, 5.74) is 11.3. The number of anilines is 8. The van der Waals surface area contributed by atoms with E-state index in [2.05, 4.69) is 161 Å². The van der Waals surface area contributed by atoms with Gasteiger partial charge < -0.3 is 75.5 Å². The van der Waals surface area contributed by atoms with Gasteiger partial charge in [-0.3, -0.25) is 19.2 Å². The van der Waals surface area contributed by atoms with Crippen LogP contribution >= 0.6 is 45.3 Å². The van der Waals surface area contributed by atoms with E-state index in [1.165, 1.54) is 81.0 Å². The number of hydrogen-bond acceptors (Lipinski definition) is 31. The molecular formula is C81H92N22O9S4. The maximum absolute atomic E-state index is 12.8. The van der Waals surface area contributed by atoms with Gasteiger partial charge in [0, 0.05) is 119 Å². The summed E-state index contributed by atoms with van der Waals surface area (Å²) in [7, 11) is 8.06. The lowest BCUT2D eigenvalue weighted by molar-refractivity contribution is 0.0689. The maximum atomic E-state index is 12.8. The zero-order valence-electron chi connectivity index (χ0n) is 65.3. The molecule has 2 saturated heterocycles. The lowest BCUT2D eigenvalue weighted by atomic mass is 9.87. The minimum absolute atomic E-state index is 0.0104. The van der Waals surface area contributed by atoms with Gasteiger partial charge in [0.15, 0.2) is 43.3 Å². The second kappa shape index (κ2) is 36.7. The highest BCUT2D eigenvalue weighted by molar-refractivity contribution is 7.21. The molecule has 0 bridgehead atoms. The fourth-order valence-corrected chi connectivity index (χ4v) is 18.3. The number of carbonyl (C=O) groups excluding carboxylic acids is 4. The number of amides is 4. The minimum atomic E-state index is -0.184. The first-order valence-corrected chi connectivity index (χ1v) is 42.2. The van der Waals surface area contributed by atoms with Gasteiger partial charge in [0.25, 0.3) is 23.6 Å². The first-order valence-electron chi connectivity index (χ1n) is 38.9. The van der Waals surface area contributed by atoms with Crippen LogP contribution in [0.3, 0.4) is 0 Å². The third kappa shape index (κ3) is 18.2. The highest BCUT2D eigenvalue weighted by atomic mass is 32.1. The molecule has 12 aromatic rings. The first-order chi connectivity index (χ1) is 56.5. The molecule has 116 heavy (non-hydrogen) atoms. The Labute approximate surface area is 685 Å². The number of para-hydroxylation sites is 4. The molecule has 2 atom stereocenters. The average molecular weight is 1650 g/mol. The summed E-state index contributed by atoms with van der Waals surface area (Å²) in [4.78, 5) is 117. The zero-order chi connectivity index (χ0) is 80.4. The van der Waals surface area contributed by atoms with Crippen molar-refractivity contribution in [3.63, 3.8) is 0 Å². The Morgan fingerprint density at radius 3 is 1.47 bits per heavy atom. The first kappa shape index (κ1) is 80.6. The molecule has 18 rings (SSSR count). The van der Waals surface area contributed by atoms with E-state index in [1.54, 1.807) is 6.33 Å². The van der Waals surface area contributed by atoms with Crippen molar-refractivity contribution in [1.82, 2.24) is 90.9 Å². The number of carbonyl (C=O) groups is 4. The van der Waals surface area contributed by atoms with Crippen LogP contribution < -0.4 is 46.0 Å². The molecular weight excluding hydrogens is 1550 g/mol. The quantitative estimate of drug-likeness (QED) is 0.0310. The van der Waals surface area contributed by atoms with Crippen LogP contribution in [0.1, 0.15) is 132 Å². The van der Waals surface area contributed by atoms with Gasteiger partial charge in [-0.25, -0.2) is 59.8 Å². The summed E-state index contributed by atoms with van der Waals surface area (Å²) in [6.45, 7) is 13.3. The smallest absolute Gasteiger partial charge is 0.280 e. The Morgan fingerprint density at radius 1 is 0.509 bits per heavy atom. The van der Waals surface area contributed by atoms with Crippen LogP contribution in [-0.2, 0) is 21.3 Å². The number of aromatic nitrogens is 12. The van der Waals surface area contributed by atoms with E-state index >= 15 is 0 Å². The van der Waals surface area contributed by atoms with Crippen LogP contribution in [-0.4, -0.2) is 236 Å². The molecule has 0 aliphatic carbocycles. The predicted molar refractivity (Wildman–Crippen MR) is 451 cm³/mol. The number of aliphatic hydroxyl groups is 2. The summed E-state index contributed by atoms with van der Waals surface area (Å²) in [5.74, 6) is 3.11. The number of thiazole rings is 4. The summed E-state index contributed by atoms with van der Waals surface area (Å²) in [6, 6.07) is 30.8. The maximum Gasteiger partial charge on any atom is 0.280 e. The molecule has 35 heteroatoms. The van der Waals surface area contributed by atoms with E-state index in [-0.39, 0.29) is 66.2 Å². The molecule has 14 heterocycles. The van der Waals surface area contributed by atoms with Gasteiger partial charge in [-0.1, -0.05) is 126 Å². The molecule has 31 nitrogen and oxygen atoms in total. The number of aliphatic hydroxyl groups excluding tert-OH is 2. The van der Waals surface area contributed by atoms with Crippen molar-refractivity contribution in [2.45, 2.75) is 94.5 Å². The van der Waals surface area contributed by atoms with Crippen molar-refractivity contribution in [2.75, 3.05) is 140 Å². The molecule has 4 aromatic carbocycles. The second-order valence-electron chi connectivity index (χ2n) is 30.0. The molecule has 2 unspecified atom stereocenters. The third-order valence-corrected chi connectivity index (χ3v) is 24.6. The molecule has 0 saturated carbocycles. The topological polar surface area (TPSA) is 367 Å². The summed E-state index contributed by atoms with van der Waals surface area (Å²) in [5, 5.41) is 36.1. The number of rotatable bonds is 22. The van der Waals surface area contributed by atoms with Crippen LogP contribution in [0.5, 0.6) is 5.75 Å². The molecule has 6 aliphatic heterocycles. The van der Waals surface area contributed by atoms with Gasteiger partial charge in [0.2, 0.25) is 0 Å². The van der Waals surface area contributed by atoms with E-state index in [0.29, 0.717) is 140 Å². The van der Waals surface area contributed by atoms with Crippen LogP contribution in [0.25, 0.3) is 41.4 Å². The van der Waals surface area contributed by atoms with Crippen LogP contribution in [0.15, 0.2) is 116 Å². The fraction of sp³-hybridized carbons (Fsp3) is 0.407. The Balaban J connectivity index is 0.000000121. The number of benzene rings is 4. The second-order valence-corrected chi connectivity index (χ2v) is 33.9. The highest BCUT2D eigenvalue weighted by Gasteiger charge is 2.39. The Hall–Kier alpha value is -10.6. The van der Waals surface area contributed by atoms with Crippen LogP contribution in [0.4, 0.5) is 46.0 Å². The van der Waals surface area contributed by atoms with Gasteiger partial charge in [-0.05, 0) is 133 Å². The largest absolute Gasteiger partial charge is 0.491 e. The molecule has 8 aromatic heterocycles. The Bertz CT molecular complexity index is 5500. The van der Waals surface area contributed by atoms with Gasteiger partial charge in [0.05, 0.1) is 18.9 Å². The van der Waals surface area contributed by atoms with Crippen molar-refractivity contribution in [3.05, 3.63) is 159 Å². The van der Waals surface area contributed by atoms with E-state index in [0.717, 1.165) is 109 Å².